The zero-order valence-corrected chi connectivity index (χ0v) is 12.3. The Hall–Kier alpha value is -1.14. The average Bonchev–Trinajstić information content (AvgIpc) is 2.71. The Labute approximate surface area is 124 Å². The maximum absolute atomic E-state index is 12.0. The minimum Gasteiger partial charge on any atom is -0.353 e. The molecule has 0 aromatic carbocycles. The van der Waals surface area contributed by atoms with Crippen LogP contribution >= 0.6 is 12.4 Å². The highest BCUT2D eigenvalue weighted by Crippen LogP contribution is 2.25. The highest BCUT2D eigenvalue weighted by Gasteiger charge is 2.35. The standard InChI is InChI=1S/C13H21N3O3.ClH/c14-13(6-2-1-3-7-13)12(19)15-8-9-16-10(17)4-5-11(16)18;/h1-9,14H2,(H,15,19);1H. The molecule has 2 aliphatic rings. The first-order chi connectivity index (χ1) is 9.03. The SMILES string of the molecule is Cl.NC1(C(=O)NCCN2C(=O)CCC2=O)CCCCC1. The fraction of sp³-hybridized carbons (Fsp3) is 0.769. The molecule has 0 unspecified atom stereocenters. The van der Waals surface area contributed by atoms with Gasteiger partial charge in [-0.2, -0.15) is 0 Å². The van der Waals surface area contributed by atoms with Crippen molar-refractivity contribution >= 4 is 30.1 Å². The normalized spacial score (nSPS) is 21.6. The summed E-state index contributed by atoms with van der Waals surface area (Å²) in [5, 5.41) is 2.75. The summed E-state index contributed by atoms with van der Waals surface area (Å²) in [6.45, 7) is 0.536. The maximum Gasteiger partial charge on any atom is 0.240 e. The number of halogens is 1. The molecule has 20 heavy (non-hydrogen) atoms. The van der Waals surface area contributed by atoms with Crippen molar-refractivity contribution in [3.05, 3.63) is 0 Å². The molecule has 1 aliphatic carbocycles. The van der Waals surface area contributed by atoms with Gasteiger partial charge >= 0.3 is 0 Å². The number of nitrogens with two attached hydrogens (primary N) is 1. The van der Waals surface area contributed by atoms with Crippen molar-refractivity contribution < 1.29 is 14.4 Å². The molecular weight excluding hydrogens is 282 g/mol. The van der Waals surface area contributed by atoms with Crippen LogP contribution in [0.5, 0.6) is 0 Å². The lowest BCUT2D eigenvalue weighted by Crippen LogP contribution is -2.56. The van der Waals surface area contributed by atoms with Gasteiger partial charge in [0.05, 0.1) is 5.54 Å². The van der Waals surface area contributed by atoms with E-state index in [2.05, 4.69) is 5.32 Å². The summed E-state index contributed by atoms with van der Waals surface area (Å²) in [5.41, 5.74) is 5.33. The lowest BCUT2D eigenvalue weighted by molar-refractivity contribution is -0.139. The first-order valence-corrected chi connectivity index (χ1v) is 6.93. The molecule has 0 bridgehead atoms. The first kappa shape index (κ1) is 16.9. The summed E-state index contributed by atoms with van der Waals surface area (Å²) in [6.07, 6.45) is 5.07. The van der Waals surface area contributed by atoms with Crippen LogP contribution in [0, 0.1) is 0 Å². The number of hydrogen-bond donors (Lipinski definition) is 2. The number of amides is 3. The summed E-state index contributed by atoms with van der Waals surface area (Å²) >= 11 is 0. The van der Waals surface area contributed by atoms with Gasteiger partial charge in [0.1, 0.15) is 0 Å². The van der Waals surface area contributed by atoms with Gasteiger partial charge in [0.25, 0.3) is 0 Å². The molecule has 114 valence electrons. The molecule has 1 saturated carbocycles. The molecular formula is C13H22ClN3O3. The third-order valence-electron chi connectivity index (χ3n) is 3.97. The van der Waals surface area contributed by atoms with Crippen LogP contribution in [-0.4, -0.2) is 41.2 Å². The van der Waals surface area contributed by atoms with Crippen LogP contribution in [0.4, 0.5) is 0 Å². The largest absolute Gasteiger partial charge is 0.353 e. The topological polar surface area (TPSA) is 92.5 Å². The number of hydrogen-bond acceptors (Lipinski definition) is 4. The fourth-order valence-electron chi connectivity index (χ4n) is 2.74. The van der Waals surface area contributed by atoms with Crippen LogP contribution in [0.1, 0.15) is 44.9 Å². The van der Waals surface area contributed by atoms with Crippen LogP contribution < -0.4 is 11.1 Å². The zero-order valence-electron chi connectivity index (χ0n) is 11.5. The number of nitrogens with zero attached hydrogens (tertiary/aromatic N) is 1. The molecule has 3 amide bonds. The van der Waals surface area contributed by atoms with Crippen molar-refractivity contribution in [3.63, 3.8) is 0 Å². The number of carbonyl (C=O) groups is 3. The van der Waals surface area contributed by atoms with E-state index in [4.69, 9.17) is 5.73 Å². The third kappa shape index (κ3) is 3.70. The van der Waals surface area contributed by atoms with E-state index in [1.54, 1.807) is 0 Å². The van der Waals surface area contributed by atoms with Crippen LogP contribution in [0.2, 0.25) is 0 Å². The van der Waals surface area contributed by atoms with Crippen LogP contribution in [-0.2, 0) is 14.4 Å². The highest BCUT2D eigenvalue weighted by atomic mass is 35.5. The van der Waals surface area contributed by atoms with Crippen LogP contribution in [0.3, 0.4) is 0 Å². The van der Waals surface area contributed by atoms with Gasteiger partial charge in [-0.1, -0.05) is 19.3 Å². The van der Waals surface area contributed by atoms with Gasteiger partial charge < -0.3 is 11.1 Å². The van der Waals surface area contributed by atoms with Crippen molar-refractivity contribution in [2.45, 2.75) is 50.5 Å². The molecule has 2 fully saturated rings. The number of likely N-dealkylation sites (tertiary alicyclic amines) is 1. The molecule has 0 aromatic rings. The summed E-state index contributed by atoms with van der Waals surface area (Å²) in [4.78, 5) is 36.0. The van der Waals surface area contributed by atoms with Gasteiger partial charge in [0.2, 0.25) is 17.7 Å². The molecule has 0 aromatic heterocycles. The Bertz CT molecular complexity index is 378. The predicted molar refractivity (Wildman–Crippen MR) is 76.2 cm³/mol. The van der Waals surface area contributed by atoms with Gasteiger partial charge in [-0.15, -0.1) is 12.4 Å². The lowest BCUT2D eigenvalue weighted by Gasteiger charge is -2.32. The molecule has 0 spiro atoms. The van der Waals surface area contributed by atoms with Crippen molar-refractivity contribution in [1.29, 1.82) is 0 Å². The van der Waals surface area contributed by atoms with E-state index in [9.17, 15) is 14.4 Å². The number of imide groups is 1. The van der Waals surface area contributed by atoms with Gasteiger partial charge in [-0.3, -0.25) is 19.3 Å². The third-order valence-corrected chi connectivity index (χ3v) is 3.97. The first-order valence-electron chi connectivity index (χ1n) is 6.93. The maximum atomic E-state index is 12.0. The van der Waals surface area contributed by atoms with Crippen molar-refractivity contribution in [3.8, 4) is 0 Å². The fourth-order valence-corrected chi connectivity index (χ4v) is 2.74. The van der Waals surface area contributed by atoms with Crippen molar-refractivity contribution in [2.24, 2.45) is 5.73 Å². The smallest absolute Gasteiger partial charge is 0.240 e. The molecule has 0 atom stereocenters. The van der Waals surface area contributed by atoms with E-state index >= 15 is 0 Å². The molecule has 1 heterocycles. The predicted octanol–water partition coefficient (Wildman–Crippen LogP) is 0.335. The van der Waals surface area contributed by atoms with Crippen molar-refractivity contribution in [1.82, 2.24) is 10.2 Å². The second-order valence-electron chi connectivity index (χ2n) is 5.41. The Morgan fingerprint density at radius 2 is 1.70 bits per heavy atom. The second kappa shape index (κ2) is 7.04. The second-order valence-corrected chi connectivity index (χ2v) is 5.41. The van der Waals surface area contributed by atoms with Gasteiger partial charge in [0, 0.05) is 25.9 Å². The van der Waals surface area contributed by atoms with Gasteiger partial charge in [0.15, 0.2) is 0 Å². The Balaban J connectivity index is 0.00000200. The number of rotatable bonds is 4. The minimum absolute atomic E-state index is 0. The highest BCUT2D eigenvalue weighted by molar-refractivity contribution is 6.01. The van der Waals surface area contributed by atoms with E-state index in [1.165, 1.54) is 4.90 Å². The zero-order chi connectivity index (χ0) is 13.9. The molecule has 0 radical (unpaired) electrons. The lowest BCUT2D eigenvalue weighted by atomic mass is 9.82. The minimum atomic E-state index is -0.767. The summed E-state index contributed by atoms with van der Waals surface area (Å²) in [5.74, 6) is -0.468. The Morgan fingerprint density at radius 1 is 1.15 bits per heavy atom. The molecule has 3 N–H and O–H groups in total. The van der Waals surface area contributed by atoms with Gasteiger partial charge in [-0.25, -0.2) is 0 Å². The summed E-state index contributed by atoms with van der Waals surface area (Å²) in [6, 6.07) is 0. The summed E-state index contributed by atoms with van der Waals surface area (Å²) < 4.78 is 0. The van der Waals surface area contributed by atoms with E-state index in [0.717, 1.165) is 19.3 Å². The summed E-state index contributed by atoms with van der Waals surface area (Å²) in [7, 11) is 0. The number of carbonyl (C=O) groups excluding carboxylic acids is 3. The van der Waals surface area contributed by atoms with E-state index in [1.807, 2.05) is 0 Å². The molecule has 7 heteroatoms. The van der Waals surface area contributed by atoms with E-state index in [-0.39, 0.29) is 56.1 Å². The monoisotopic (exact) mass is 303 g/mol. The van der Waals surface area contributed by atoms with Crippen LogP contribution in [0.15, 0.2) is 0 Å². The average molecular weight is 304 g/mol. The van der Waals surface area contributed by atoms with E-state index < -0.39 is 5.54 Å². The van der Waals surface area contributed by atoms with Crippen molar-refractivity contribution in [2.75, 3.05) is 13.1 Å². The molecule has 2 rings (SSSR count). The van der Waals surface area contributed by atoms with E-state index in [0.29, 0.717) is 12.8 Å². The Morgan fingerprint density at radius 3 is 2.25 bits per heavy atom. The van der Waals surface area contributed by atoms with Crippen LogP contribution in [0.25, 0.3) is 0 Å². The molecule has 1 aliphatic heterocycles. The quantitative estimate of drug-likeness (QED) is 0.732. The molecule has 1 saturated heterocycles. The molecule has 6 nitrogen and oxygen atoms in total. The van der Waals surface area contributed by atoms with Gasteiger partial charge in [-0.05, 0) is 12.8 Å². The Kier molecular flexibility index (Phi) is 5.95. The number of nitrogens with one attached hydrogen (secondary N) is 1.